The number of anilines is 1. The van der Waals surface area contributed by atoms with Crippen LogP contribution in [0.1, 0.15) is 13.8 Å². The fourth-order valence-corrected chi connectivity index (χ4v) is 1.87. The molecular formula is C11H18N4S2. The van der Waals surface area contributed by atoms with Gasteiger partial charge in [0.25, 0.3) is 0 Å². The molecule has 1 rings (SSSR count). The number of thiocarbonyl (C=S) groups is 1. The van der Waals surface area contributed by atoms with Gasteiger partial charge in [0.15, 0.2) is 0 Å². The lowest BCUT2D eigenvalue weighted by molar-refractivity contribution is 0.697. The van der Waals surface area contributed by atoms with Crippen LogP contribution in [0.4, 0.5) is 5.82 Å². The maximum Gasteiger partial charge on any atom is 0.133 e. The van der Waals surface area contributed by atoms with Gasteiger partial charge in [0.05, 0.1) is 4.99 Å². The summed E-state index contributed by atoms with van der Waals surface area (Å²) < 4.78 is 0. The number of aromatic nitrogens is 2. The zero-order valence-electron chi connectivity index (χ0n) is 10.4. The first-order chi connectivity index (χ1) is 8.08. The molecule has 1 aromatic rings. The van der Waals surface area contributed by atoms with E-state index in [1.165, 1.54) is 0 Å². The van der Waals surface area contributed by atoms with E-state index in [1.54, 1.807) is 18.1 Å². The van der Waals surface area contributed by atoms with Crippen molar-refractivity contribution in [1.82, 2.24) is 9.97 Å². The average molecular weight is 270 g/mol. The fourth-order valence-electron chi connectivity index (χ4n) is 1.42. The first-order valence-corrected chi connectivity index (χ1v) is 7.12. The summed E-state index contributed by atoms with van der Waals surface area (Å²) in [6.07, 6.45) is 3.59. The van der Waals surface area contributed by atoms with Crippen LogP contribution in [0.3, 0.4) is 0 Å². The van der Waals surface area contributed by atoms with E-state index in [4.69, 9.17) is 18.0 Å². The van der Waals surface area contributed by atoms with Crippen molar-refractivity contribution in [2.75, 3.05) is 24.2 Å². The predicted octanol–water partition coefficient (Wildman–Crippen LogP) is 1.95. The van der Waals surface area contributed by atoms with Crippen molar-refractivity contribution in [3.05, 3.63) is 12.4 Å². The van der Waals surface area contributed by atoms with E-state index in [1.807, 2.05) is 19.2 Å². The predicted molar refractivity (Wildman–Crippen MR) is 77.6 cm³/mol. The van der Waals surface area contributed by atoms with Crippen molar-refractivity contribution < 1.29 is 0 Å². The van der Waals surface area contributed by atoms with Crippen LogP contribution in [0.2, 0.25) is 0 Å². The van der Waals surface area contributed by atoms with E-state index in [0.717, 1.165) is 23.9 Å². The van der Waals surface area contributed by atoms with Crippen LogP contribution in [-0.2, 0) is 0 Å². The Labute approximate surface area is 112 Å². The van der Waals surface area contributed by atoms with E-state index in [2.05, 4.69) is 21.8 Å². The molecule has 1 unspecified atom stereocenters. The minimum atomic E-state index is 0.178. The fraction of sp³-hybridized carbons (Fsp3) is 0.545. The summed E-state index contributed by atoms with van der Waals surface area (Å²) in [4.78, 5) is 11.2. The van der Waals surface area contributed by atoms with Crippen molar-refractivity contribution in [2.24, 2.45) is 11.7 Å². The number of hydrogen-bond donors (Lipinski definition) is 1. The monoisotopic (exact) mass is 270 g/mol. The summed E-state index contributed by atoms with van der Waals surface area (Å²) >= 11 is 6.61. The molecule has 0 bridgehead atoms. The summed E-state index contributed by atoms with van der Waals surface area (Å²) in [7, 11) is 0. The van der Waals surface area contributed by atoms with Gasteiger partial charge >= 0.3 is 0 Å². The minimum absolute atomic E-state index is 0.178. The molecule has 1 aromatic heterocycles. The lowest BCUT2D eigenvalue weighted by Gasteiger charge is -2.25. The highest BCUT2D eigenvalue weighted by molar-refractivity contribution is 7.98. The van der Waals surface area contributed by atoms with Crippen LogP contribution in [0, 0.1) is 5.92 Å². The molecule has 2 N–H and O–H groups in total. The van der Waals surface area contributed by atoms with Crippen molar-refractivity contribution in [2.45, 2.75) is 18.9 Å². The van der Waals surface area contributed by atoms with E-state index in [0.29, 0.717) is 4.99 Å². The summed E-state index contributed by atoms with van der Waals surface area (Å²) in [6, 6.07) is 1.99. The normalized spacial score (nSPS) is 12.2. The maximum absolute atomic E-state index is 5.64. The summed E-state index contributed by atoms with van der Waals surface area (Å²) in [5, 5.41) is 0.969. The van der Waals surface area contributed by atoms with E-state index >= 15 is 0 Å². The third-order valence-electron chi connectivity index (χ3n) is 2.52. The van der Waals surface area contributed by atoms with Gasteiger partial charge in [0.1, 0.15) is 17.2 Å². The molecule has 1 atom stereocenters. The molecule has 17 heavy (non-hydrogen) atoms. The Hall–Kier alpha value is -0.880. The lowest BCUT2D eigenvalue weighted by Crippen LogP contribution is -2.34. The summed E-state index contributed by atoms with van der Waals surface area (Å²) in [6.45, 7) is 5.78. The van der Waals surface area contributed by atoms with Gasteiger partial charge in [-0.15, -0.1) is 11.8 Å². The summed E-state index contributed by atoms with van der Waals surface area (Å²) in [5.74, 6) is 1.10. The van der Waals surface area contributed by atoms with Gasteiger partial charge in [0, 0.05) is 25.1 Å². The van der Waals surface area contributed by atoms with Gasteiger partial charge in [-0.25, -0.2) is 9.97 Å². The topological polar surface area (TPSA) is 55.0 Å². The Morgan fingerprint density at radius 2 is 2.29 bits per heavy atom. The average Bonchev–Trinajstić information content (AvgIpc) is 2.35. The third-order valence-corrected chi connectivity index (χ3v) is 3.57. The van der Waals surface area contributed by atoms with Crippen molar-refractivity contribution in [1.29, 1.82) is 0 Å². The van der Waals surface area contributed by atoms with Gasteiger partial charge in [-0.3, -0.25) is 0 Å². The molecule has 0 aliphatic heterocycles. The van der Waals surface area contributed by atoms with Crippen LogP contribution >= 0.6 is 24.0 Å². The smallest absolute Gasteiger partial charge is 0.133 e. The van der Waals surface area contributed by atoms with Crippen LogP contribution in [-0.4, -0.2) is 34.3 Å². The molecular weight excluding hydrogens is 252 g/mol. The highest BCUT2D eigenvalue weighted by atomic mass is 32.2. The molecule has 0 spiro atoms. The molecule has 0 aliphatic rings. The molecule has 0 radical (unpaired) electrons. The lowest BCUT2D eigenvalue weighted by atomic mass is 10.1. The number of nitrogens with two attached hydrogens (primary N) is 1. The van der Waals surface area contributed by atoms with E-state index in [-0.39, 0.29) is 5.92 Å². The van der Waals surface area contributed by atoms with Gasteiger partial charge in [-0.1, -0.05) is 19.1 Å². The molecule has 94 valence electrons. The summed E-state index contributed by atoms with van der Waals surface area (Å²) in [5.41, 5.74) is 5.64. The van der Waals surface area contributed by atoms with Gasteiger partial charge in [-0.2, -0.15) is 0 Å². The molecule has 6 heteroatoms. The number of rotatable bonds is 6. The van der Waals surface area contributed by atoms with Crippen LogP contribution < -0.4 is 10.6 Å². The zero-order valence-corrected chi connectivity index (χ0v) is 12.0. The second-order valence-electron chi connectivity index (χ2n) is 3.76. The van der Waals surface area contributed by atoms with Gasteiger partial charge in [-0.05, 0) is 13.2 Å². The quantitative estimate of drug-likeness (QED) is 0.484. The molecule has 0 saturated carbocycles. The Morgan fingerprint density at radius 3 is 2.82 bits per heavy atom. The standard InChI is InChI=1S/C11H18N4S2/c1-4-15(6-8(2)11(12)16)9-5-10(17-3)14-7-13-9/h5,7-8H,4,6H2,1-3H3,(H2,12,16). The van der Waals surface area contributed by atoms with Crippen LogP contribution in [0.5, 0.6) is 0 Å². The Bertz CT molecular complexity index is 383. The first kappa shape index (κ1) is 14.2. The van der Waals surface area contributed by atoms with Crippen LogP contribution in [0.25, 0.3) is 0 Å². The van der Waals surface area contributed by atoms with Crippen molar-refractivity contribution in [3.8, 4) is 0 Å². The Balaban J connectivity index is 2.82. The number of nitrogens with zero attached hydrogens (tertiary/aromatic N) is 3. The largest absolute Gasteiger partial charge is 0.393 e. The second-order valence-corrected chi connectivity index (χ2v) is 5.06. The van der Waals surface area contributed by atoms with Gasteiger partial charge < -0.3 is 10.6 Å². The van der Waals surface area contributed by atoms with E-state index in [9.17, 15) is 0 Å². The van der Waals surface area contributed by atoms with Gasteiger partial charge in [0.2, 0.25) is 0 Å². The Kier molecular flexibility index (Phi) is 5.64. The van der Waals surface area contributed by atoms with E-state index < -0.39 is 0 Å². The molecule has 0 aromatic carbocycles. The zero-order chi connectivity index (χ0) is 12.8. The maximum atomic E-state index is 5.64. The molecule has 0 saturated heterocycles. The van der Waals surface area contributed by atoms with Crippen molar-refractivity contribution in [3.63, 3.8) is 0 Å². The highest BCUT2D eigenvalue weighted by Gasteiger charge is 2.13. The van der Waals surface area contributed by atoms with Crippen LogP contribution in [0.15, 0.2) is 17.4 Å². The molecule has 1 heterocycles. The number of thioether (sulfide) groups is 1. The first-order valence-electron chi connectivity index (χ1n) is 5.48. The molecule has 0 amide bonds. The number of hydrogen-bond acceptors (Lipinski definition) is 5. The SMILES string of the molecule is CCN(CC(C)C(N)=S)c1cc(SC)ncn1. The molecule has 0 aliphatic carbocycles. The molecule has 4 nitrogen and oxygen atoms in total. The molecule has 0 fully saturated rings. The second kappa shape index (κ2) is 6.76. The minimum Gasteiger partial charge on any atom is -0.393 e. The Morgan fingerprint density at radius 1 is 1.59 bits per heavy atom. The van der Waals surface area contributed by atoms with Crippen molar-refractivity contribution >= 4 is 34.8 Å². The third kappa shape index (κ3) is 4.12. The highest BCUT2D eigenvalue weighted by Crippen LogP contribution is 2.18.